The fourth-order valence-corrected chi connectivity index (χ4v) is 1.24. The first-order valence-corrected chi connectivity index (χ1v) is 4.28. The quantitative estimate of drug-likeness (QED) is 0.534. The summed E-state index contributed by atoms with van der Waals surface area (Å²) in [6, 6.07) is 0. The Kier molecular flexibility index (Phi) is 3.31. The lowest BCUT2D eigenvalue weighted by atomic mass is 10.1. The molecule has 3 nitrogen and oxygen atoms in total. The highest BCUT2D eigenvalue weighted by molar-refractivity contribution is 6.00. The van der Waals surface area contributed by atoms with Crippen LogP contribution in [0, 0.1) is 0 Å². The van der Waals surface area contributed by atoms with E-state index in [2.05, 4.69) is 0 Å². The zero-order valence-electron chi connectivity index (χ0n) is 7.68. The zero-order valence-corrected chi connectivity index (χ0v) is 7.68. The molecule has 0 N–H and O–H groups in total. The highest BCUT2D eigenvalue weighted by Gasteiger charge is 2.44. The van der Waals surface area contributed by atoms with E-state index in [1.54, 1.807) is 0 Å². The maximum Gasteiger partial charge on any atom is 0.324 e. The van der Waals surface area contributed by atoms with Crippen LogP contribution in [0.5, 0.6) is 0 Å². The lowest BCUT2D eigenvalue weighted by molar-refractivity contribution is -0.160. The first kappa shape index (κ1) is 11.9. The average molecular weight is 227 g/mol. The number of hydrogen-bond donors (Lipinski definition) is 0. The summed E-state index contributed by atoms with van der Waals surface area (Å²) in [6.07, 6.45) is -4.33. The Bertz CT molecular complexity index is 280. The Labute approximate surface area is 83.0 Å². The lowest BCUT2D eigenvalue weighted by Crippen LogP contribution is -2.48. The number of carbonyl (C=O) groups excluding carboxylic acids is 2. The fourth-order valence-electron chi connectivity index (χ4n) is 1.24. The molecule has 0 bridgehead atoms. The van der Waals surface area contributed by atoms with Crippen LogP contribution < -0.4 is 0 Å². The van der Waals surface area contributed by atoms with E-state index < -0.39 is 31.2 Å². The number of halogens is 4. The normalized spacial score (nSPS) is 18.9. The summed E-state index contributed by atoms with van der Waals surface area (Å²) in [5.41, 5.74) is 0. The van der Waals surface area contributed by atoms with Gasteiger partial charge in [0.1, 0.15) is 5.78 Å². The van der Waals surface area contributed by atoms with Crippen molar-refractivity contribution in [1.29, 1.82) is 0 Å². The smallest absolute Gasteiger partial charge is 0.324 e. The van der Waals surface area contributed by atoms with Crippen LogP contribution in [0.15, 0.2) is 0 Å². The van der Waals surface area contributed by atoms with Gasteiger partial charge < -0.3 is 4.90 Å². The highest BCUT2D eigenvalue weighted by atomic mass is 19.3. The summed E-state index contributed by atoms with van der Waals surface area (Å²) in [5, 5.41) is 0. The van der Waals surface area contributed by atoms with E-state index in [4.69, 9.17) is 0 Å². The fraction of sp³-hybridized carbons (Fsp3) is 0.750. The van der Waals surface area contributed by atoms with Crippen LogP contribution in [0.25, 0.3) is 0 Å². The summed E-state index contributed by atoms with van der Waals surface area (Å²) in [7, 11) is 0. The molecule has 0 radical (unpaired) electrons. The topological polar surface area (TPSA) is 37.4 Å². The minimum absolute atomic E-state index is 0.0505. The Morgan fingerprint density at radius 2 is 1.93 bits per heavy atom. The Morgan fingerprint density at radius 1 is 1.33 bits per heavy atom. The van der Waals surface area contributed by atoms with Crippen molar-refractivity contribution in [1.82, 2.24) is 4.90 Å². The second-order valence-corrected chi connectivity index (χ2v) is 3.34. The van der Waals surface area contributed by atoms with Gasteiger partial charge in [-0.3, -0.25) is 9.59 Å². The van der Waals surface area contributed by atoms with Gasteiger partial charge in [-0.05, 0) is 0 Å². The minimum atomic E-state index is -4.21. The molecular formula is C8H9F4NO2. The molecule has 1 fully saturated rings. The SMILES string of the molecule is O=C1CCN(CC(F)(F)C(F)F)C(=O)C1. The molecule has 15 heavy (non-hydrogen) atoms. The summed E-state index contributed by atoms with van der Waals surface area (Å²) < 4.78 is 48.8. The Morgan fingerprint density at radius 3 is 2.40 bits per heavy atom. The summed E-state index contributed by atoms with van der Waals surface area (Å²) >= 11 is 0. The van der Waals surface area contributed by atoms with Gasteiger partial charge in [0, 0.05) is 13.0 Å². The molecule has 0 aromatic rings. The molecule has 0 atom stereocenters. The van der Waals surface area contributed by atoms with Crippen molar-refractivity contribution in [2.24, 2.45) is 0 Å². The molecule has 0 aliphatic carbocycles. The molecule has 0 spiro atoms. The average Bonchev–Trinajstić information content (AvgIpc) is 2.09. The van der Waals surface area contributed by atoms with Crippen molar-refractivity contribution in [2.45, 2.75) is 25.2 Å². The van der Waals surface area contributed by atoms with Crippen molar-refractivity contribution < 1.29 is 27.2 Å². The monoisotopic (exact) mass is 227 g/mol. The number of carbonyl (C=O) groups is 2. The number of piperidine rings is 1. The van der Waals surface area contributed by atoms with Crippen molar-refractivity contribution in [3.05, 3.63) is 0 Å². The molecule has 0 saturated carbocycles. The Hall–Kier alpha value is -1.14. The van der Waals surface area contributed by atoms with Crippen LogP contribution in [-0.4, -0.2) is 42.0 Å². The first-order chi connectivity index (χ1) is 6.83. The number of amides is 1. The number of nitrogens with zero attached hydrogens (tertiary/aromatic N) is 1. The van der Waals surface area contributed by atoms with E-state index in [1.807, 2.05) is 0 Å². The van der Waals surface area contributed by atoms with Crippen LogP contribution in [0.3, 0.4) is 0 Å². The second kappa shape index (κ2) is 4.16. The van der Waals surface area contributed by atoms with Gasteiger partial charge in [0.15, 0.2) is 0 Å². The number of alkyl halides is 4. The van der Waals surface area contributed by atoms with Gasteiger partial charge in [-0.1, -0.05) is 0 Å². The molecule has 1 saturated heterocycles. The summed E-state index contributed by atoms with van der Waals surface area (Å²) in [5.74, 6) is -5.38. The van der Waals surface area contributed by atoms with Crippen molar-refractivity contribution in [3.8, 4) is 0 Å². The lowest BCUT2D eigenvalue weighted by Gasteiger charge is -2.29. The number of rotatable bonds is 3. The summed E-state index contributed by atoms with van der Waals surface area (Å²) in [6.45, 7) is -1.53. The number of Topliss-reactive ketones (excluding diaryl/α,β-unsaturated/α-hetero) is 1. The third kappa shape index (κ3) is 2.90. The van der Waals surface area contributed by atoms with Gasteiger partial charge in [0.05, 0.1) is 13.0 Å². The predicted molar refractivity (Wildman–Crippen MR) is 41.8 cm³/mol. The van der Waals surface area contributed by atoms with Crippen LogP contribution in [0.1, 0.15) is 12.8 Å². The Balaban J connectivity index is 2.59. The van der Waals surface area contributed by atoms with Crippen molar-refractivity contribution in [2.75, 3.05) is 13.1 Å². The van der Waals surface area contributed by atoms with Gasteiger partial charge in [-0.15, -0.1) is 0 Å². The second-order valence-electron chi connectivity index (χ2n) is 3.34. The van der Waals surface area contributed by atoms with Crippen LogP contribution in [0.2, 0.25) is 0 Å². The molecule has 1 aliphatic heterocycles. The molecule has 1 amide bonds. The van der Waals surface area contributed by atoms with Crippen molar-refractivity contribution >= 4 is 11.7 Å². The highest BCUT2D eigenvalue weighted by Crippen LogP contribution is 2.25. The summed E-state index contributed by atoms with van der Waals surface area (Å²) in [4.78, 5) is 22.4. The number of hydrogen-bond acceptors (Lipinski definition) is 2. The van der Waals surface area contributed by atoms with Gasteiger partial charge in [-0.2, -0.15) is 8.78 Å². The van der Waals surface area contributed by atoms with Gasteiger partial charge in [-0.25, -0.2) is 8.78 Å². The molecule has 1 aliphatic rings. The molecular weight excluding hydrogens is 218 g/mol. The van der Waals surface area contributed by atoms with Gasteiger partial charge >= 0.3 is 12.3 Å². The largest absolute Gasteiger partial charge is 0.336 e. The first-order valence-electron chi connectivity index (χ1n) is 4.28. The van der Waals surface area contributed by atoms with E-state index in [0.717, 1.165) is 0 Å². The molecule has 0 aromatic heterocycles. The van der Waals surface area contributed by atoms with Crippen molar-refractivity contribution in [3.63, 3.8) is 0 Å². The zero-order chi connectivity index (χ0) is 11.6. The van der Waals surface area contributed by atoms with E-state index in [-0.39, 0.29) is 18.7 Å². The number of ketones is 1. The third-order valence-corrected chi connectivity index (χ3v) is 2.08. The van der Waals surface area contributed by atoms with Crippen LogP contribution in [-0.2, 0) is 9.59 Å². The molecule has 0 aromatic carbocycles. The number of likely N-dealkylation sites (tertiary alicyclic amines) is 1. The minimum Gasteiger partial charge on any atom is -0.336 e. The molecule has 7 heteroatoms. The molecule has 1 heterocycles. The molecule has 86 valence electrons. The molecule has 1 rings (SSSR count). The van der Waals surface area contributed by atoms with Gasteiger partial charge in [0.2, 0.25) is 5.91 Å². The predicted octanol–water partition coefficient (Wildman–Crippen LogP) is 1.08. The maximum absolute atomic E-state index is 12.6. The van der Waals surface area contributed by atoms with E-state index in [0.29, 0.717) is 4.90 Å². The van der Waals surface area contributed by atoms with E-state index in [1.165, 1.54) is 0 Å². The van der Waals surface area contributed by atoms with Crippen LogP contribution >= 0.6 is 0 Å². The third-order valence-electron chi connectivity index (χ3n) is 2.08. The maximum atomic E-state index is 12.6. The van der Waals surface area contributed by atoms with E-state index >= 15 is 0 Å². The van der Waals surface area contributed by atoms with E-state index in [9.17, 15) is 27.2 Å². The van der Waals surface area contributed by atoms with Crippen LogP contribution in [0.4, 0.5) is 17.6 Å². The van der Waals surface area contributed by atoms with Gasteiger partial charge in [0.25, 0.3) is 0 Å². The standard InChI is InChI=1S/C8H9F4NO2/c9-7(10)8(11,12)4-13-2-1-5(14)3-6(13)15/h7H,1-4H2. The molecule has 0 unspecified atom stereocenters.